The number of hydrogen-bond acceptors (Lipinski definition) is 5. The molecule has 0 aliphatic rings. The summed E-state index contributed by atoms with van der Waals surface area (Å²) in [5, 5.41) is 12.5. The average Bonchev–Trinajstić information content (AvgIpc) is 2.81. The molecule has 0 radical (unpaired) electrons. The van der Waals surface area contributed by atoms with E-state index in [4.69, 9.17) is 32.7 Å². The SMILES string of the molecule is COc1cc(/C=C(\C#N)C(=O)Nc2c(Cl)cccc2Cl)ccc1OC(=O)c1ccccc1. The third-order valence-electron chi connectivity index (χ3n) is 4.28. The summed E-state index contributed by atoms with van der Waals surface area (Å²) in [5.74, 6) is -0.763. The summed E-state index contributed by atoms with van der Waals surface area (Å²) in [4.78, 5) is 24.9. The Hall–Kier alpha value is -3.79. The molecule has 0 unspecified atom stereocenters. The summed E-state index contributed by atoms with van der Waals surface area (Å²) in [7, 11) is 1.42. The second-order valence-electron chi connectivity index (χ2n) is 6.39. The Balaban J connectivity index is 1.83. The topological polar surface area (TPSA) is 88.4 Å². The van der Waals surface area contributed by atoms with Crippen LogP contribution in [0, 0.1) is 11.3 Å². The van der Waals surface area contributed by atoms with Crippen molar-refractivity contribution in [2.75, 3.05) is 12.4 Å². The average molecular weight is 467 g/mol. The van der Waals surface area contributed by atoms with Gasteiger partial charge in [-0.05, 0) is 48.0 Å². The van der Waals surface area contributed by atoms with Crippen LogP contribution >= 0.6 is 23.2 Å². The summed E-state index contributed by atoms with van der Waals surface area (Å²) < 4.78 is 10.7. The predicted octanol–water partition coefficient (Wildman–Crippen LogP) is 5.77. The number of esters is 1. The highest BCUT2D eigenvalue weighted by Crippen LogP contribution is 2.31. The molecule has 0 aliphatic heterocycles. The minimum Gasteiger partial charge on any atom is -0.493 e. The molecule has 3 aromatic carbocycles. The van der Waals surface area contributed by atoms with Crippen LogP contribution in [-0.2, 0) is 4.79 Å². The third kappa shape index (κ3) is 5.46. The molecule has 6 nitrogen and oxygen atoms in total. The number of methoxy groups -OCH3 is 1. The van der Waals surface area contributed by atoms with Crippen LogP contribution < -0.4 is 14.8 Å². The maximum atomic E-state index is 12.6. The Bertz CT molecular complexity index is 1210. The number of benzene rings is 3. The van der Waals surface area contributed by atoms with Gasteiger partial charge in [-0.25, -0.2) is 4.79 Å². The minimum absolute atomic E-state index is 0.183. The van der Waals surface area contributed by atoms with Crippen molar-refractivity contribution in [3.63, 3.8) is 0 Å². The molecule has 3 aromatic rings. The van der Waals surface area contributed by atoms with Gasteiger partial charge in [0.15, 0.2) is 11.5 Å². The van der Waals surface area contributed by atoms with E-state index in [1.165, 1.54) is 19.3 Å². The van der Waals surface area contributed by atoms with Crippen molar-refractivity contribution >= 4 is 46.8 Å². The Labute approximate surface area is 194 Å². The van der Waals surface area contributed by atoms with Crippen LogP contribution in [0.25, 0.3) is 6.08 Å². The molecule has 0 heterocycles. The lowest BCUT2D eigenvalue weighted by Gasteiger charge is -2.11. The van der Waals surface area contributed by atoms with Gasteiger partial charge in [-0.15, -0.1) is 0 Å². The van der Waals surface area contributed by atoms with E-state index in [1.54, 1.807) is 60.7 Å². The molecule has 0 fully saturated rings. The van der Waals surface area contributed by atoms with E-state index in [-0.39, 0.29) is 32.8 Å². The highest BCUT2D eigenvalue weighted by molar-refractivity contribution is 6.40. The van der Waals surface area contributed by atoms with Crippen molar-refractivity contribution in [1.82, 2.24) is 0 Å². The number of nitriles is 1. The van der Waals surface area contributed by atoms with Gasteiger partial charge in [0.05, 0.1) is 28.4 Å². The van der Waals surface area contributed by atoms with Crippen LogP contribution in [-0.4, -0.2) is 19.0 Å². The first kappa shape index (κ1) is 22.9. The first-order chi connectivity index (χ1) is 15.4. The molecule has 0 saturated carbocycles. The van der Waals surface area contributed by atoms with Crippen LogP contribution in [0.4, 0.5) is 5.69 Å². The largest absolute Gasteiger partial charge is 0.493 e. The van der Waals surface area contributed by atoms with Crippen LogP contribution in [0.15, 0.2) is 72.3 Å². The molecule has 0 atom stereocenters. The van der Waals surface area contributed by atoms with E-state index >= 15 is 0 Å². The normalized spacial score (nSPS) is 10.8. The number of nitrogens with one attached hydrogen (secondary N) is 1. The van der Waals surface area contributed by atoms with Crippen molar-refractivity contribution < 1.29 is 19.1 Å². The summed E-state index contributed by atoms with van der Waals surface area (Å²) in [6, 6.07) is 19.8. The first-order valence-electron chi connectivity index (χ1n) is 9.25. The van der Waals surface area contributed by atoms with Gasteiger partial charge in [-0.3, -0.25) is 4.79 Å². The number of ether oxygens (including phenoxy) is 2. The fraction of sp³-hybridized carbons (Fsp3) is 0.0417. The minimum atomic E-state index is -0.680. The molecule has 3 rings (SSSR count). The number of anilines is 1. The van der Waals surface area contributed by atoms with Gasteiger partial charge in [0.1, 0.15) is 11.6 Å². The molecular formula is C24H16Cl2N2O4. The smallest absolute Gasteiger partial charge is 0.343 e. The van der Waals surface area contributed by atoms with Crippen molar-refractivity contribution in [2.24, 2.45) is 0 Å². The van der Waals surface area contributed by atoms with Gasteiger partial charge in [0, 0.05) is 0 Å². The standard InChI is InChI=1S/C24H16Cl2N2O4/c1-31-21-13-15(10-11-20(21)32-24(30)16-6-3-2-4-7-16)12-17(14-27)23(29)28-22-18(25)8-5-9-19(22)26/h2-13H,1H3,(H,28,29)/b17-12+. The van der Waals surface area contributed by atoms with Crippen LogP contribution in [0.2, 0.25) is 10.0 Å². The number of nitrogens with zero attached hydrogens (tertiary/aromatic N) is 1. The molecule has 0 aliphatic carbocycles. The maximum Gasteiger partial charge on any atom is 0.343 e. The molecule has 0 spiro atoms. The van der Waals surface area contributed by atoms with E-state index in [1.807, 2.05) is 6.07 Å². The number of para-hydroxylation sites is 1. The Morgan fingerprint density at radius 1 is 0.969 bits per heavy atom. The zero-order valence-electron chi connectivity index (χ0n) is 16.8. The molecule has 1 amide bonds. The highest BCUT2D eigenvalue weighted by atomic mass is 35.5. The van der Waals surface area contributed by atoms with Gasteiger partial charge in [-0.1, -0.05) is 53.5 Å². The maximum absolute atomic E-state index is 12.6. The van der Waals surface area contributed by atoms with Gasteiger partial charge >= 0.3 is 5.97 Å². The molecule has 1 N–H and O–H groups in total. The lowest BCUT2D eigenvalue weighted by Crippen LogP contribution is -2.14. The summed E-state index contributed by atoms with van der Waals surface area (Å²) in [5.41, 5.74) is 0.901. The fourth-order valence-electron chi connectivity index (χ4n) is 2.70. The van der Waals surface area contributed by atoms with Crippen LogP contribution in [0.3, 0.4) is 0 Å². The van der Waals surface area contributed by atoms with Gasteiger partial charge in [0.2, 0.25) is 0 Å². The lowest BCUT2D eigenvalue weighted by atomic mass is 10.1. The van der Waals surface area contributed by atoms with Crippen LogP contribution in [0.5, 0.6) is 11.5 Å². The van der Waals surface area contributed by atoms with E-state index in [2.05, 4.69) is 5.32 Å². The van der Waals surface area contributed by atoms with Gasteiger partial charge in [0.25, 0.3) is 5.91 Å². The number of amides is 1. The van der Waals surface area contributed by atoms with Crippen molar-refractivity contribution in [1.29, 1.82) is 5.26 Å². The third-order valence-corrected chi connectivity index (χ3v) is 4.91. The van der Waals surface area contributed by atoms with E-state index in [0.29, 0.717) is 11.1 Å². The zero-order chi connectivity index (χ0) is 23.1. The van der Waals surface area contributed by atoms with E-state index in [0.717, 1.165) is 0 Å². The molecular weight excluding hydrogens is 451 g/mol. The van der Waals surface area contributed by atoms with Crippen LogP contribution in [0.1, 0.15) is 15.9 Å². The molecule has 0 bridgehead atoms. The number of carbonyl (C=O) groups is 2. The number of carbonyl (C=O) groups excluding carboxylic acids is 2. The Kier molecular flexibility index (Phi) is 7.50. The number of halogens is 2. The number of rotatable bonds is 6. The molecule has 8 heteroatoms. The molecule has 0 saturated heterocycles. The lowest BCUT2D eigenvalue weighted by molar-refractivity contribution is -0.112. The Morgan fingerprint density at radius 2 is 1.66 bits per heavy atom. The second kappa shape index (κ2) is 10.5. The predicted molar refractivity (Wildman–Crippen MR) is 123 cm³/mol. The Morgan fingerprint density at radius 3 is 2.28 bits per heavy atom. The van der Waals surface area contributed by atoms with Crippen molar-refractivity contribution in [3.05, 3.63) is 93.5 Å². The summed E-state index contributed by atoms with van der Waals surface area (Å²) in [6.45, 7) is 0. The molecule has 0 aromatic heterocycles. The number of hydrogen-bond donors (Lipinski definition) is 1. The summed E-state index contributed by atoms with van der Waals surface area (Å²) >= 11 is 12.1. The highest BCUT2D eigenvalue weighted by Gasteiger charge is 2.16. The fourth-order valence-corrected chi connectivity index (χ4v) is 3.20. The van der Waals surface area contributed by atoms with Gasteiger partial charge < -0.3 is 14.8 Å². The first-order valence-corrected chi connectivity index (χ1v) is 10.0. The van der Waals surface area contributed by atoms with Crippen molar-refractivity contribution in [3.8, 4) is 17.6 Å². The summed E-state index contributed by atoms with van der Waals surface area (Å²) in [6.07, 6.45) is 1.37. The molecule has 32 heavy (non-hydrogen) atoms. The monoisotopic (exact) mass is 466 g/mol. The van der Waals surface area contributed by atoms with E-state index in [9.17, 15) is 14.9 Å². The quantitative estimate of drug-likeness (QED) is 0.215. The molecule has 160 valence electrons. The zero-order valence-corrected chi connectivity index (χ0v) is 18.3. The van der Waals surface area contributed by atoms with Crippen molar-refractivity contribution in [2.45, 2.75) is 0 Å². The second-order valence-corrected chi connectivity index (χ2v) is 7.20. The van der Waals surface area contributed by atoms with E-state index < -0.39 is 11.9 Å². The van der Waals surface area contributed by atoms with Gasteiger partial charge in [-0.2, -0.15) is 5.26 Å².